The second-order valence-corrected chi connectivity index (χ2v) is 14.4. The zero-order valence-electron chi connectivity index (χ0n) is 19.8. The fraction of sp³-hybridized carbons (Fsp3) is 0.500. The van der Waals surface area contributed by atoms with Gasteiger partial charge in [0.2, 0.25) is 0 Å². The maximum atomic E-state index is 13.2. The van der Waals surface area contributed by atoms with E-state index in [0.29, 0.717) is 35.8 Å². The quantitative estimate of drug-likeness (QED) is 0.275. The highest BCUT2D eigenvalue weighted by molar-refractivity contribution is 6.76. The van der Waals surface area contributed by atoms with Crippen molar-refractivity contribution in [1.29, 1.82) is 5.26 Å². The Hall–Kier alpha value is -2.76. The minimum Gasteiger partial charge on any atom is -0.497 e. The van der Waals surface area contributed by atoms with Crippen LogP contribution in [0.5, 0.6) is 11.5 Å². The molecule has 0 saturated carbocycles. The van der Waals surface area contributed by atoms with Crippen LogP contribution < -0.4 is 9.47 Å². The van der Waals surface area contributed by atoms with E-state index in [9.17, 15) is 10.1 Å². The molecular formula is C24H33NO6Si. The average molecular weight is 460 g/mol. The van der Waals surface area contributed by atoms with Gasteiger partial charge >= 0.3 is 5.97 Å². The third-order valence-corrected chi connectivity index (χ3v) is 7.12. The van der Waals surface area contributed by atoms with Crippen molar-refractivity contribution in [3.8, 4) is 17.6 Å². The number of nitriles is 1. The van der Waals surface area contributed by atoms with Crippen molar-refractivity contribution in [3.63, 3.8) is 0 Å². The van der Waals surface area contributed by atoms with Crippen LogP contribution in [0.2, 0.25) is 25.7 Å². The fourth-order valence-electron chi connectivity index (χ4n) is 3.59. The Bertz CT molecular complexity index is 899. The van der Waals surface area contributed by atoms with Gasteiger partial charge in [-0.05, 0) is 30.7 Å². The topological polar surface area (TPSA) is 87.0 Å². The van der Waals surface area contributed by atoms with E-state index >= 15 is 0 Å². The number of nitrogens with zero attached hydrogens (tertiary/aromatic N) is 1. The Morgan fingerprint density at radius 2 is 1.97 bits per heavy atom. The monoisotopic (exact) mass is 459 g/mol. The normalized spacial score (nSPS) is 18.8. The molecule has 0 aromatic heterocycles. The summed E-state index contributed by atoms with van der Waals surface area (Å²) in [7, 11) is 3.25. The summed E-state index contributed by atoms with van der Waals surface area (Å²) in [5, 5.41) is 10.1. The first-order valence-corrected chi connectivity index (χ1v) is 14.2. The lowest BCUT2D eigenvalue weighted by atomic mass is 9.66. The van der Waals surface area contributed by atoms with Crippen LogP contribution in [-0.4, -0.2) is 48.8 Å². The molecule has 0 saturated heterocycles. The lowest BCUT2D eigenvalue weighted by molar-refractivity contribution is -0.147. The fourth-order valence-corrected chi connectivity index (χ4v) is 4.30. The third-order valence-electron chi connectivity index (χ3n) is 5.42. The van der Waals surface area contributed by atoms with Crippen LogP contribution in [0.15, 0.2) is 42.2 Å². The van der Waals surface area contributed by atoms with Gasteiger partial charge in [-0.3, -0.25) is 4.79 Å². The van der Waals surface area contributed by atoms with Gasteiger partial charge in [-0.25, -0.2) is 0 Å². The van der Waals surface area contributed by atoms with Crippen molar-refractivity contribution in [1.82, 2.24) is 0 Å². The van der Waals surface area contributed by atoms with Gasteiger partial charge in [0.25, 0.3) is 0 Å². The van der Waals surface area contributed by atoms with Crippen molar-refractivity contribution in [3.05, 3.63) is 47.7 Å². The molecule has 2 rings (SSSR count). The van der Waals surface area contributed by atoms with Crippen LogP contribution in [0, 0.1) is 17.2 Å². The molecule has 1 aromatic rings. The number of carbonyl (C=O) groups excluding carboxylic acids is 1. The highest BCUT2D eigenvalue weighted by Crippen LogP contribution is 2.48. The summed E-state index contributed by atoms with van der Waals surface area (Å²) in [4.78, 5) is 13.2. The molecule has 7 nitrogen and oxygen atoms in total. The van der Waals surface area contributed by atoms with E-state index in [0.717, 1.165) is 6.04 Å². The first kappa shape index (κ1) is 25.5. The smallest absolute Gasteiger partial charge is 0.324 e. The summed E-state index contributed by atoms with van der Waals surface area (Å²) >= 11 is 0. The zero-order valence-corrected chi connectivity index (χ0v) is 20.8. The molecule has 1 aromatic carbocycles. The predicted octanol–water partition coefficient (Wildman–Crippen LogP) is 4.43. The van der Waals surface area contributed by atoms with E-state index in [1.54, 1.807) is 19.3 Å². The van der Waals surface area contributed by atoms with Crippen LogP contribution >= 0.6 is 0 Å². The van der Waals surface area contributed by atoms with Crippen molar-refractivity contribution in [2.24, 2.45) is 5.92 Å². The molecule has 32 heavy (non-hydrogen) atoms. The molecule has 0 spiro atoms. The van der Waals surface area contributed by atoms with Crippen LogP contribution in [-0.2, 0) is 24.4 Å². The first-order chi connectivity index (χ1) is 15.2. The molecule has 2 unspecified atom stereocenters. The summed E-state index contributed by atoms with van der Waals surface area (Å²) in [6.07, 6.45) is 5.81. The van der Waals surface area contributed by atoms with E-state index in [-0.39, 0.29) is 6.79 Å². The maximum Gasteiger partial charge on any atom is 0.324 e. The molecule has 0 heterocycles. The molecule has 0 aliphatic heterocycles. The number of esters is 1. The molecular weight excluding hydrogens is 426 g/mol. The van der Waals surface area contributed by atoms with Crippen molar-refractivity contribution < 1.29 is 28.5 Å². The lowest BCUT2D eigenvalue weighted by Crippen LogP contribution is -2.40. The molecule has 1 aliphatic carbocycles. The SMILES string of the molecule is COCOc1c(OC)cccc1C1(C(C#N)C(=O)OCC[Si](C)(C)C)C=CC(OC)=CC1. The Morgan fingerprint density at radius 1 is 1.22 bits per heavy atom. The molecule has 0 N–H and O–H groups in total. The zero-order chi connectivity index (χ0) is 23.8. The number of rotatable bonds is 11. The number of allylic oxidation sites excluding steroid dienone is 3. The van der Waals surface area contributed by atoms with Crippen molar-refractivity contribution >= 4 is 14.0 Å². The standard InChI is InChI=1S/C24H33NO6Si/c1-27-17-31-22-19(8-7-9-21(22)29-3)24(12-10-18(28-2)11-13-24)20(16-25)23(26)30-14-15-32(4,5)6/h7-12,20H,13-15,17H2,1-6H3. The predicted molar refractivity (Wildman–Crippen MR) is 124 cm³/mol. The van der Waals surface area contributed by atoms with Gasteiger partial charge in [-0.1, -0.05) is 37.8 Å². The molecule has 0 amide bonds. The minimum atomic E-state index is -1.39. The Balaban J connectivity index is 2.54. The molecule has 1 aliphatic rings. The van der Waals surface area contributed by atoms with Crippen LogP contribution in [0.3, 0.4) is 0 Å². The Labute approximate surface area is 191 Å². The number of para-hydroxylation sites is 1. The second kappa shape index (κ2) is 11.2. The highest BCUT2D eigenvalue weighted by atomic mass is 28.3. The minimum absolute atomic E-state index is 0.00972. The van der Waals surface area contributed by atoms with Crippen LogP contribution in [0.25, 0.3) is 0 Å². The number of hydrogen-bond donors (Lipinski definition) is 0. The molecule has 0 radical (unpaired) electrons. The van der Waals surface area contributed by atoms with Crippen LogP contribution in [0.4, 0.5) is 0 Å². The maximum absolute atomic E-state index is 13.2. The molecule has 2 atom stereocenters. The second-order valence-electron chi connectivity index (χ2n) is 8.82. The van der Waals surface area contributed by atoms with E-state index in [1.165, 1.54) is 14.2 Å². The summed E-state index contributed by atoms with van der Waals surface area (Å²) in [5.74, 6) is -0.0764. The third kappa shape index (κ3) is 5.93. The van der Waals surface area contributed by atoms with Gasteiger partial charge in [-0.2, -0.15) is 5.26 Å². The molecule has 0 bridgehead atoms. The Kier molecular flexibility index (Phi) is 8.93. The van der Waals surface area contributed by atoms with Gasteiger partial charge in [0.15, 0.2) is 24.2 Å². The summed E-state index contributed by atoms with van der Waals surface area (Å²) < 4.78 is 27.4. The van der Waals surface area contributed by atoms with Gasteiger partial charge in [0, 0.05) is 26.2 Å². The van der Waals surface area contributed by atoms with Gasteiger partial charge < -0.3 is 23.7 Å². The summed E-state index contributed by atoms with van der Waals surface area (Å²) in [6, 6.07) is 8.44. The highest BCUT2D eigenvalue weighted by Gasteiger charge is 2.47. The number of hydrogen-bond acceptors (Lipinski definition) is 7. The number of ether oxygens (including phenoxy) is 5. The van der Waals surface area contributed by atoms with E-state index in [1.807, 2.05) is 24.3 Å². The van der Waals surface area contributed by atoms with E-state index < -0.39 is 25.4 Å². The van der Waals surface area contributed by atoms with E-state index in [4.69, 9.17) is 23.7 Å². The van der Waals surface area contributed by atoms with Crippen molar-refractivity contribution in [2.45, 2.75) is 37.5 Å². The van der Waals surface area contributed by atoms with Gasteiger partial charge in [0.05, 0.1) is 26.9 Å². The van der Waals surface area contributed by atoms with Crippen molar-refractivity contribution in [2.75, 3.05) is 34.7 Å². The molecule has 8 heteroatoms. The number of methoxy groups -OCH3 is 3. The van der Waals surface area contributed by atoms with E-state index in [2.05, 4.69) is 25.7 Å². The van der Waals surface area contributed by atoms with Gasteiger partial charge in [-0.15, -0.1) is 0 Å². The molecule has 0 fully saturated rings. The molecule has 174 valence electrons. The van der Waals surface area contributed by atoms with Gasteiger partial charge in [0.1, 0.15) is 5.76 Å². The number of carbonyl (C=O) groups is 1. The first-order valence-electron chi connectivity index (χ1n) is 10.5. The summed E-state index contributed by atoms with van der Waals surface area (Å²) in [6.45, 7) is 6.92. The average Bonchev–Trinajstić information content (AvgIpc) is 2.77. The van der Waals surface area contributed by atoms with Crippen LogP contribution in [0.1, 0.15) is 12.0 Å². The number of benzene rings is 1. The largest absolute Gasteiger partial charge is 0.497 e. The Morgan fingerprint density at radius 3 is 2.50 bits per heavy atom. The lowest BCUT2D eigenvalue weighted by Gasteiger charge is -2.36. The summed E-state index contributed by atoms with van der Waals surface area (Å²) in [5.41, 5.74) is -0.379.